The average molecular weight is 793 g/mol. The van der Waals surface area contributed by atoms with E-state index in [1.165, 1.54) is 13.8 Å². The van der Waals surface area contributed by atoms with Gasteiger partial charge in [-0.3, -0.25) is 24.0 Å². The van der Waals surface area contributed by atoms with Gasteiger partial charge in [-0.2, -0.15) is 0 Å². The molecule has 4 amide bonds. The van der Waals surface area contributed by atoms with Gasteiger partial charge in [-0.25, -0.2) is 13.2 Å². The fourth-order valence-electron chi connectivity index (χ4n) is 4.76. The van der Waals surface area contributed by atoms with E-state index in [-0.39, 0.29) is 19.8 Å². The topological polar surface area (TPSA) is 212 Å². The normalized spacial score (nSPS) is 13.8. The molecule has 296 valence electrons. The molecule has 4 atom stereocenters. The van der Waals surface area contributed by atoms with Crippen molar-refractivity contribution in [2.75, 3.05) is 13.2 Å². The molecule has 2 aromatic rings. The summed E-state index contributed by atoms with van der Waals surface area (Å²) < 4.78 is 40.0. The molecule has 0 aromatic heterocycles. The molecule has 2 aromatic carbocycles. The molecule has 0 radical (unpaired) electrons. The van der Waals surface area contributed by atoms with Crippen LogP contribution in [0.5, 0.6) is 0 Å². The Labute approximate surface area is 320 Å². The number of benzene rings is 2. The Kier molecular flexibility index (Phi) is 18.7. The van der Waals surface area contributed by atoms with Gasteiger partial charge in [0.05, 0.1) is 37.3 Å². The Bertz CT molecular complexity index is 1720. The Hall–Kier alpha value is -4.96. The van der Waals surface area contributed by atoms with Gasteiger partial charge < -0.3 is 35.5 Å². The average Bonchev–Trinajstić information content (AvgIpc) is 3.12. The van der Waals surface area contributed by atoms with Crippen LogP contribution in [0, 0.1) is 5.92 Å². The van der Waals surface area contributed by atoms with E-state index >= 15 is 0 Å². The number of sulfone groups is 1. The number of amides is 4. The van der Waals surface area contributed by atoms with Crippen LogP contribution in [-0.2, 0) is 54.6 Å². The molecular formula is C37H49ClN4O11S. The second kappa shape index (κ2) is 22.3. The Balaban J connectivity index is 2.37. The highest BCUT2D eigenvalue weighted by atomic mass is 35.5. The number of alkyl carbamates (subject to hydrolysis) is 1. The maximum Gasteiger partial charge on any atom is 0.408 e. The van der Waals surface area contributed by atoms with E-state index in [2.05, 4.69) is 21.3 Å². The van der Waals surface area contributed by atoms with Crippen molar-refractivity contribution in [1.29, 1.82) is 0 Å². The summed E-state index contributed by atoms with van der Waals surface area (Å²) in [5.74, 6) is -4.68. The summed E-state index contributed by atoms with van der Waals surface area (Å²) >= 11 is 6.14. The fraction of sp³-hybridized carbons (Fsp3) is 0.459. The molecule has 0 spiro atoms. The van der Waals surface area contributed by atoms with Crippen LogP contribution >= 0.6 is 11.6 Å². The molecule has 54 heavy (non-hydrogen) atoms. The first-order valence-electron chi connectivity index (χ1n) is 17.4. The first kappa shape index (κ1) is 45.2. The molecular weight excluding hydrogens is 744 g/mol. The van der Waals surface area contributed by atoms with Crippen molar-refractivity contribution in [2.45, 2.75) is 90.4 Å². The molecule has 0 saturated heterocycles. The molecule has 0 bridgehead atoms. The third kappa shape index (κ3) is 14.8. The van der Waals surface area contributed by atoms with Crippen LogP contribution in [0.2, 0.25) is 0 Å². The van der Waals surface area contributed by atoms with Gasteiger partial charge in [-0.05, 0) is 50.8 Å². The number of hydrogen-bond acceptors (Lipinski definition) is 11. The fourth-order valence-corrected chi connectivity index (χ4v) is 6.26. The van der Waals surface area contributed by atoms with Crippen molar-refractivity contribution in [2.24, 2.45) is 5.92 Å². The molecule has 0 aliphatic heterocycles. The summed E-state index contributed by atoms with van der Waals surface area (Å²) in [5.41, 5.74) is 0.970. The predicted octanol–water partition coefficient (Wildman–Crippen LogP) is 3.57. The van der Waals surface area contributed by atoms with E-state index in [4.69, 9.17) is 25.8 Å². The van der Waals surface area contributed by atoms with Crippen molar-refractivity contribution in [1.82, 2.24) is 21.3 Å². The van der Waals surface area contributed by atoms with E-state index < -0.39 is 98.1 Å². The van der Waals surface area contributed by atoms with Crippen LogP contribution in [0.4, 0.5) is 4.79 Å². The number of halogens is 1. The molecule has 0 unspecified atom stereocenters. The summed E-state index contributed by atoms with van der Waals surface area (Å²) in [6.45, 7) is 9.18. The lowest BCUT2D eigenvalue weighted by molar-refractivity contribution is -0.145. The van der Waals surface area contributed by atoms with Gasteiger partial charge in [-0.1, -0.05) is 86.1 Å². The number of carbonyl (C=O) groups is 6. The van der Waals surface area contributed by atoms with Gasteiger partial charge in [0.1, 0.15) is 29.1 Å². The van der Waals surface area contributed by atoms with Crippen LogP contribution in [0.3, 0.4) is 0 Å². The van der Waals surface area contributed by atoms with Crippen LogP contribution in [0.15, 0.2) is 71.1 Å². The largest absolute Gasteiger partial charge is 0.466 e. The van der Waals surface area contributed by atoms with E-state index in [1.807, 2.05) is 0 Å². The highest BCUT2D eigenvalue weighted by Crippen LogP contribution is 2.20. The predicted molar refractivity (Wildman–Crippen MR) is 200 cm³/mol. The lowest BCUT2D eigenvalue weighted by Gasteiger charge is -2.28. The van der Waals surface area contributed by atoms with Gasteiger partial charge in [0.2, 0.25) is 17.7 Å². The summed E-state index contributed by atoms with van der Waals surface area (Å²) in [5, 5.41) is 9.23. The summed E-state index contributed by atoms with van der Waals surface area (Å²) in [4.78, 5) is 78.9. The third-order valence-corrected chi connectivity index (χ3v) is 10.4. The molecule has 0 aliphatic carbocycles. The second-order valence-electron chi connectivity index (χ2n) is 12.5. The highest BCUT2D eigenvalue weighted by molar-refractivity contribution is 7.97. The number of hydrogen-bond donors (Lipinski definition) is 4. The molecule has 0 heterocycles. The van der Waals surface area contributed by atoms with E-state index in [0.29, 0.717) is 11.1 Å². The van der Waals surface area contributed by atoms with Gasteiger partial charge >= 0.3 is 18.0 Å². The molecule has 17 heteroatoms. The first-order chi connectivity index (χ1) is 25.5. The molecule has 2 rings (SSSR count). The summed E-state index contributed by atoms with van der Waals surface area (Å²) in [7, 11) is -3.96. The van der Waals surface area contributed by atoms with Crippen LogP contribution in [0.25, 0.3) is 0 Å². The van der Waals surface area contributed by atoms with Gasteiger partial charge in [0.15, 0.2) is 9.84 Å². The van der Waals surface area contributed by atoms with Gasteiger partial charge in [0, 0.05) is 0 Å². The molecule has 0 aliphatic rings. The zero-order valence-corrected chi connectivity index (χ0v) is 32.7. The van der Waals surface area contributed by atoms with E-state index in [9.17, 15) is 37.2 Å². The minimum Gasteiger partial charge on any atom is -0.466 e. The number of carbonyl (C=O) groups excluding carboxylic acids is 6. The Morgan fingerprint density at radius 3 is 1.80 bits per heavy atom. The lowest BCUT2D eigenvalue weighted by atomic mass is 10.00. The molecule has 0 fully saturated rings. The number of rotatable bonds is 20. The van der Waals surface area contributed by atoms with Crippen molar-refractivity contribution < 1.29 is 51.4 Å². The number of ether oxygens (including phenoxy) is 3. The maximum atomic E-state index is 14.0. The van der Waals surface area contributed by atoms with Crippen molar-refractivity contribution in [3.05, 3.63) is 82.2 Å². The van der Waals surface area contributed by atoms with Crippen LogP contribution in [-0.4, -0.2) is 80.8 Å². The minimum atomic E-state index is -3.96. The molecule has 0 saturated carbocycles. The van der Waals surface area contributed by atoms with Gasteiger partial charge in [0.25, 0.3) is 0 Å². The number of nitrogens with one attached hydrogen (secondary N) is 4. The van der Waals surface area contributed by atoms with Crippen molar-refractivity contribution in [3.63, 3.8) is 0 Å². The van der Waals surface area contributed by atoms with Crippen molar-refractivity contribution in [3.8, 4) is 0 Å². The maximum absolute atomic E-state index is 14.0. The Morgan fingerprint density at radius 1 is 0.704 bits per heavy atom. The monoisotopic (exact) mass is 792 g/mol. The Morgan fingerprint density at radius 2 is 1.26 bits per heavy atom. The quantitative estimate of drug-likeness (QED) is 0.112. The first-order valence-corrected chi connectivity index (χ1v) is 19.3. The molecule has 4 N–H and O–H groups in total. The van der Waals surface area contributed by atoms with Crippen molar-refractivity contribution >= 4 is 57.2 Å². The zero-order valence-electron chi connectivity index (χ0n) is 31.1. The van der Waals surface area contributed by atoms with E-state index in [0.717, 1.165) is 6.08 Å². The van der Waals surface area contributed by atoms with Crippen LogP contribution in [0.1, 0.15) is 71.6 Å². The minimum absolute atomic E-state index is 0.00943. The van der Waals surface area contributed by atoms with Gasteiger partial charge in [-0.15, -0.1) is 0 Å². The third-order valence-electron chi connectivity index (χ3n) is 7.67. The SMILES string of the molecule is CCOC(=O)C[C@@H](/C=C(\Cl)S(=O)(=O)C(C)C)NC(=O)[C@@H](NC(=O)[C@@H](NC(=O)[C@H](CC(=O)OCC)NC(=O)OCc1ccccc1)c1ccccc1)C(C)C. The summed E-state index contributed by atoms with van der Waals surface area (Å²) in [6, 6.07) is 11.3. The molecule has 15 nitrogen and oxygen atoms in total. The number of esters is 2. The lowest BCUT2D eigenvalue weighted by Crippen LogP contribution is -2.56. The van der Waals surface area contributed by atoms with E-state index in [1.54, 1.807) is 88.4 Å². The highest BCUT2D eigenvalue weighted by Gasteiger charge is 2.34. The zero-order chi connectivity index (χ0) is 40.4. The standard InChI is InChI=1S/C37H49ClN4O11S/c1-7-51-30(43)20-27(19-29(38)54(49,50)24(5)6)39-35(46)32(23(3)4)41-36(47)33(26-17-13-10-14-18-26)42-34(45)28(21-31(44)52-8-2)40-37(48)53-22-25-15-11-9-12-16-25/h9-19,23-24,27-28,32-33H,7-8,20-22H2,1-6H3,(H,39,46)(H,40,48)(H,41,47)(H,42,45)/b29-19+/t27-,28+,32+,33+/m1/s1. The smallest absolute Gasteiger partial charge is 0.408 e. The van der Waals surface area contributed by atoms with Crippen LogP contribution < -0.4 is 21.3 Å². The second-order valence-corrected chi connectivity index (χ2v) is 15.6. The summed E-state index contributed by atoms with van der Waals surface area (Å²) in [6.07, 6.45) is -1.04.